The fraction of sp³-hybridized carbons (Fsp3) is 0.188. The molecule has 20 heavy (non-hydrogen) atoms. The number of hydrogen-bond donors (Lipinski definition) is 1. The quantitative estimate of drug-likeness (QED) is 0.518. The van der Waals surface area contributed by atoms with Crippen LogP contribution in [0.1, 0.15) is 22.3 Å². The van der Waals surface area contributed by atoms with Gasteiger partial charge in [-0.25, -0.2) is 4.79 Å². The Hall–Kier alpha value is -2.00. The minimum Gasteiger partial charge on any atom is -0.462 e. The summed E-state index contributed by atoms with van der Waals surface area (Å²) in [4.78, 5) is 11.9. The van der Waals surface area contributed by atoms with Gasteiger partial charge in [-0.1, -0.05) is 41.9 Å². The molecule has 0 atom stereocenters. The highest BCUT2D eigenvalue weighted by atomic mass is 35.5. The van der Waals surface area contributed by atoms with Gasteiger partial charge in [0.2, 0.25) is 0 Å². The molecule has 0 amide bonds. The summed E-state index contributed by atoms with van der Waals surface area (Å²) in [7, 11) is 0. The van der Waals surface area contributed by atoms with Gasteiger partial charge in [0.05, 0.1) is 12.2 Å². The maximum atomic E-state index is 11.9. The molecular formula is C16H16ClNO2. The first-order valence-electron chi connectivity index (χ1n) is 6.43. The standard InChI is InChI=1S/C16H16ClNO2/c17-13-8-9-15(18)14(11-13)16(19)20-10-4-7-12-5-2-1-3-6-12/h1-3,5-6,8-9,11H,4,7,10,18H2. The van der Waals surface area contributed by atoms with E-state index in [1.807, 2.05) is 18.2 Å². The van der Waals surface area contributed by atoms with Crippen molar-refractivity contribution in [3.8, 4) is 0 Å². The number of ether oxygens (including phenoxy) is 1. The van der Waals surface area contributed by atoms with E-state index in [0.717, 1.165) is 12.8 Å². The Morgan fingerprint density at radius 2 is 1.90 bits per heavy atom. The third kappa shape index (κ3) is 4.00. The van der Waals surface area contributed by atoms with Crippen LogP contribution in [0, 0.1) is 0 Å². The highest BCUT2D eigenvalue weighted by Gasteiger charge is 2.11. The predicted octanol–water partition coefficient (Wildman–Crippen LogP) is 3.71. The van der Waals surface area contributed by atoms with Gasteiger partial charge in [0.1, 0.15) is 0 Å². The lowest BCUT2D eigenvalue weighted by molar-refractivity contribution is 0.0502. The SMILES string of the molecule is Nc1ccc(Cl)cc1C(=O)OCCCc1ccccc1. The van der Waals surface area contributed by atoms with Gasteiger partial charge >= 0.3 is 5.97 Å². The second-order valence-electron chi connectivity index (χ2n) is 4.46. The van der Waals surface area contributed by atoms with Crippen LogP contribution in [0.2, 0.25) is 5.02 Å². The highest BCUT2D eigenvalue weighted by molar-refractivity contribution is 6.31. The fourth-order valence-corrected chi connectivity index (χ4v) is 2.04. The van der Waals surface area contributed by atoms with Crippen LogP contribution in [0.15, 0.2) is 48.5 Å². The zero-order chi connectivity index (χ0) is 14.4. The van der Waals surface area contributed by atoms with Gasteiger partial charge in [0.25, 0.3) is 0 Å². The van der Waals surface area contributed by atoms with Crippen LogP contribution in [-0.4, -0.2) is 12.6 Å². The lowest BCUT2D eigenvalue weighted by Crippen LogP contribution is -2.09. The van der Waals surface area contributed by atoms with Crippen molar-refractivity contribution in [2.45, 2.75) is 12.8 Å². The van der Waals surface area contributed by atoms with Crippen molar-refractivity contribution in [3.05, 3.63) is 64.7 Å². The summed E-state index contributed by atoms with van der Waals surface area (Å²) in [5.74, 6) is -0.432. The monoisotopic (exact) mass is 289 g/mol. The maximum absolute atomic E-state index is 11.9. The minimum absolute atomic E-state index is 0.317. The highest BCUT2D eigenvalue weighted by Crippen LogP contribution is 2.18. The van der Waals surface area contributed by atoms with E-state index < -0.39 is 5.97 Å². The summed E-state index contributed by atoms with van der Waals surface area (Å²) >= 11 is 5.84. The second kappa shape index (κ2) is 6.96. The van der Waals surface area contributed by atoms with E-state index in [0.29, 0.717) is 22.9 Å². The van der Waals surface area contributed by atoms with Gasteiger partial charge in [-0.2, -0.15) is 0 Å². The second-order valence-corrected chi connectivity index (χ2v) is 4.89. The molecule has 0 saturated carbocycles. The van der Waals surface area contributed by atoms with Crippen LogP contribution in [0.4, 0.5) is 5.69 Å². The summed E-state index contributed by atoms with van der Waals surface area (Å²) < 4.78 is 5.21. The zero-order valence-electron chi connectivity index (χ0n) is 11.0. The van der Waals surface area contributed by atoms with Crippen molar-refractivity contribution in [2.75, 3.05) is 12.3 Å². The van der Waals surface area contributed by atoms with Crippen LogP contribution in [0.25, 0.3) is 0 Å². The number of esters is 1. The molecule has 0 bridgehead atoms. The van der Waals surface area contributed by atoms with E-state index in [1.165, 1.54) is 11.6 Å². The molecule has 4 heteroatoms. The molecule has 0 unspecified atom stereocenters. The van der Waals surface area contributed by atoms with E-state index in [-0.39, 0.29) is 0 Å². The lowest BCUT2D eigenvalue weighted by Gasteiger charge is -2.07. The molecule has 2 aromatic carbocycles. The predicted molar refractivity (Wildman–Crippen MR) is 80.9 cm³/mol. The molecular weight excluding hydrogens is 274 g/mol. The average molecular weight is 290 g/mol. The molecule has 104 valence electrons. The molecule has 0 aliphatic heterocycles. The minimum atomic E-state index is -0.432. The molecule has 0 aliphatic carbocycles. The van der Waals surface area contributed by atoms with Crippen LogP contribution >= 0.6 is 11.6 Å². The van der Waals surface area contributed by atoms with Crippen LogP contribution in [0.3, 0.4) is 0 Å². The normalized spacial score (nSPS) is 10.2. The molecule has 0 aromatic heterocycles. The van der Waals surface area contributed by atoms with Gasteiger partial charge in [-0.3, -0.25) is 0 Å². The molecule has 0 heterocycles. The molecule has 0 saturated heterocycles. The van der Waals surface area contributed by atoms with Crippen molar-refractivity contribution < 1.29 is 9.53 Å². The smallest absolute Gasteiger partial charge is 0.340 e. The molecule has 2 aromatic rings. The average Bonchev–Trinajstić information content (AvgIpc) is 2.47. The summed E-state index contributed by atoms with van der Waals surface area (Å²) in [5, 5.41) is 0.468. The summed E-state index contributed by atoms with van der Waals surface area (Å²) in [6.45, 7) is 0.361. The molecule has 0 aliphatic rings. The van der Waals surface area contributed by atoms with Crippen molar-refractivity contribution in [3.63, 3.8) is 0 Å². The van der Waals surface area contributed by atoms with Crippen molar-refractivity contribution in [1.29, 1.82) is 0 Å². The Morgan fingerprint density at radius 3 is 2.65 bits per heavy atom. The number of anilines is 1. The van der Waals surface area contributed by atoms with Gasteiger partial charge < -0.3 is 10.5 Å². The van der Waals surface area contributed by atoms with Gasteiger partial charge in [0, 0.05) is 10.7 Å². The number of halogens is 1. The van der Waals surface area contributed by atoms with Gasteiger partial charge in [-0.15, -0.1) is 0 Å². The lowest BCUT2D eigenvalue weighted by atomic mass is 10.1. The summed E-state index contributed by atoms with van der Waals surface area (Å²) in [6, 6.07) is 14.8. The van der Waals surface area contributed by atoms with E-state index in [4.69, 9.17) is 22.1 Å². The molecule has 0 spiro atoms. The van der Waals surface area contributed by atoms with E-state index >= 15 is 0 Å². The molecule has 3 nitrogen and oxygen atoms in total. The summed E-state index contributed by atoms with van der Waals surface area (Å²) in [6.07, 6.45) is 1.65. The number of benzene rings is 2. The topological polar surface area (TPSA) is 52.3 Å². The van der Waals surface area contributed by atoms with Crippen LogP contribution in [-0.2, 0) is 11.2 Å². The van der Waals surface area contributed by atoms with Crippen LogP contribution in [0.5, 0.6) is 0 Å². The van der Waals surface area contributed by atoms with Gasteiger partial charge in [-0.05, 0) is 36.6 Å². The molecule has 2 N–H and O–H groups in total. The zero-order valence-corrected chi connectivity index (χ0v) is 11.8. The van der Waals surface area contributed by atoms with Crippen molar-refractivity contribution >= 4 is 23.3 Å². The summed E-state index contributed by atoms with van der Waals surface area (Å²) in [5.41, 5.74) is 7.65. The largest absolute Gasteiger partial charge is 0.462 e. The number of carbonyl (C=O) groups is 1. The van der Waals surface area contributed by atoms with E-state index in [1.54, 1.807) is 12.1 Å². The number of nitrogens with two attached hydrogens (primary N) is 1. The number of rotatable bonds is 5. The maximum Gasteiger partial charge on any atom is 0.340 e. The van der Waals surface area contributed by atoms with E-state index in [9.17, 15) is 4.79 Å². The van der Waals surface area contributed by atoms with E-state index in [2.05, 4.69) is 12.1 Å². The fourth-order valence-electron chi connectivity index (χ4n) is 1.87. The molecule has 0 radical (unpaired) electrons. The third-order valence-electron chi connectivity index (χ3n) is 2.92. The Morgan fingerprint density at radius 1 is 1.15 bits per heavy atom. The number of nitrogen functional groups attached to an aromatic ring is 1. The number of aryl methyl sites for hydroxylation is 1. The first kappa shape index (κ1) is 14.4. The molecule has 2 rings (SSSR count). The third-order valence-corrected chi connectivity index (χ3v) is 3.16. The molecule has 0 fully saturated rings. The number of hydrogen-bond acceptors (Lipinski definition) is 3. The first-order chi connectivity index (χ1) is 9.66. The van der Waals surface area contributed by atoms with Crippen molar-refractivity contribution in [1.82, 2.24) is 0 Å². The van der Waals surface area contributed by atoms with Crippen molar-refractivity contribution in [2.24, 2.45) is 0 Å². The Bertz CT molecular complexity index is 584. The number of carbonyl (C=O) groups excluding carboxylic acids is 1. The Balaban J connectivity index is 1.82. The van der Waals surface area contributed by atoms with Gasteiger partial charge in [0.15, 0.2) is 0 Å². The Kier molecular flexibility index (Phi) is 5.02. The Labute approximate surface area is 123 Å². The van der Waals surface area contributed by atoms with Crippen LogP contribution < -0.4 is 5.73 Å². The first-order valence-corrected chi connectivity index (χ1v) is 6.80.